The van der Waals surface area contributed by atoms with Crippen molar-refractivity contribution in [3.8, 4) is 5.75 Å². The van der Waals surface area contributed by atoms with Crippen LogP contribution in [0.3, 0.4) is 0 Å². The van der Waals surface area contributed by atoms with Crippen LogP contribution in [0.1, 0.15) is 6.42 Å². The van der Waals surface area contributed by atoms with Crippen LogP contribution in [-0.2, 0) is 4.79 Å². The van der Waals surface area contributed by atoms with Gasteiger partial charge in [0.2, 0.25) is 0 Å². The second kappa shape index (κ2) is 4.47. The molecule has 0 atom stereocenters. The molecular formula is C11H11F2NO2. The van der Waals surface area contributed by atoms with Crippen molar-refractivity contribution in [1.82, 2.24) is 4.90 Å². The fourth-order valence-corrected chi connectivity index (χ4v) is 1.41. The summed E-state index contributed by atoms with van der Waals surface area (Å²) in [6.07, 6.45) is 1.00. The van der Waals surface area contributed by atoms with Crippen LogP contribution in [0, 0.1) is 11.6 Å². The van der Waals surface area contributed by atoms with Crippen molar-refractivity contribution in [2.45, 2.75) is 6.42 Å². The topological polar surface area (TPSA) is 29.5 Å². The molecule has 1 aliphatic rings. The molecule has 0 bridgehead atoms. The molecule has 0 spiro atoms. The number of rotatable bonds is 3. The van der Waals surface area contributed by atoms with Crippen LogP contribution < -0.4 is 4.74 Å². The Morgan fingerprint density at radius 3 is 2.38 bits per heavy atom. The largest absolute Gasteiger partial charge is 0.484 e. The van der Waals surface area contributed by atoms with Crippen LogP contribution >= 0.6 is 0 Å². The molecule has 0 N–H and O–H groups in total. The van der Waals surface area contributed by atoms with Crippen LogP contribution in [0.5, 0.6) is 5.75 Å². The summed E-state index contributed by atoms with van der Waals surface area (Å²) in [4.78, 5) is 13.0. The van der Waals surface area contributed by atoms with Gasteiger partial charge >= 0.3 is 0 Å². The lowest BCUT2D eigenvalue weighted by Gasteiger charge is -2.30. The number of likely N-dealkylation sites (tertiary alicyclic amines) is 1. The fourth-order valence-electron chi connectivity index (χ4n) is 1.41. The second-order valence-electron chi connectivity index (χ2n) is 3.63. The van der Waals surface area contributed by atoms with Crippen LogP contribution in [0.25, 0.3) is 0 Å². The molecular weight excluding hydrogens is 216 g/mol. The average molecular weight is 227 g/mol. The molecule has 1 aliphatic heterocycles. The number of hydrogen-bond donors (Lipinski definition) is 0. The number of carbonyl (C=O) groups excluding carboxylic acids is 1. The minimum atomic E-state index is -0.716. The molecule has 0 aliphatic carbocycles. The Balaban J connectivity index is 1.91. The van der Waals surface area contributed by atoms with E-state index >= 15 is 0 Å². The summed E-state index contributed by atoms with van der Waals surface area (Å²) < 4.78 is 30.6. The lowest BCUT2D eigenvalue weighted by atomic mass is 10.2. The molecule has 1 aromatic rings. The monoisotopic (exact) mass is 227 g/mol. The van der Waals surface area contributed by atoms with Gasteiger partial charge in [-0.25, -0.2) is 8.78 Å². The van der Waals surface area contributed by atoms with E-state index in [1.165, 1.54) is 0 Å². The van der Waals surface area contributed by atoms with E-state index in [1.807, 2.05) is 0 Å². The van der Waals surface area contributed by atoms with Gasteiger partial charge in [0.25, 0.3) is 5.91 Å². The van der Waals surface area contributed by atoms with Crippen molar-refractivity contribution in [3.05, 3.63) is 29.8 Å². The number of carbonyl (C=O) groups is 1. The summed E-state index contributed by atoms with van der Waals surface area (Å²) in [6.45, 7) is 1.29. The van der Waals surface area contributed by atoms with Crippen molar-refractivity contribution >= 4 is 5.91 Å². The molecule has 0 unspecified atom stereocenters. The highest BCUT2D eigenvalue weighted by Crippen LogP contribution is 2.15. The van der Waals surface area contributed by atoms with Crippen LogP contribution in [-0.4, -0.2) is 30.5 Å². The van der Waals surface area contributed by atoms with E-state index in [0.29, 0.717) is 0 Å². The van der Waals surface area contributed by atoms with Gasteiger partial charge in [0.1, 0.15) is 17.4 Å². The van der Waals surface area contributed by atoms with E-state index in [4.69, 9.17) is 4.74 Å². The highest BCUT2D eigenvalue weighted by molar-refractivity contribution is 5.78. The zero-order valence-electron chi connectivity index (χ0n) is 8.58. The van der Waals surface area contributed by atoms with E-state index in [1.54, 1.807) is 4.90 Å². The third-order valence-corrected chi connectivity index (χ3v) is 2.41. The number of hydrogen-bond acceptors (Lipinski definition) is 2. The predicted octanol–water partition coefficient (Wildman–Crippen LogP) is 1.58. The van der Waals surface area contributed by atoms with Gasteiger partial charge in [-0.2, -0.15) is 0 Å². The minimum absolute atomic E-state index is 0.0337. The average Bonchev–Trinajstić information content (AvgIpc) is 2.10. The third kappa shape index (κ3) is 2.48. The Morgan fingerprint density at radius 2 is 1.88 bits per heavy atom. The molecule has 16 heavy (non-hydrogen) atoms. The summed E-state index contributed by atoms with van der Waals surface area (Å²) in [6, 6.07) is 2.85. The number of benzene rings is 1. The third-order valence-electron chi connectivity index (χ3n) is 2.41. The van der Waals surface area contributed by atoms with Gasteiger partial charge in [-0.3, -0.25) is 4.79 Å². The lowest BCUT2D eigenvalue weighted by molar-refractivity contribution is -0.136. The molecule has 1 aromatic carbocycles. The van der Waals surface area contributed by atoms with Crippen LogP contribution in [0.4, 0.5) is 8.78 Å². The van der Waals surface area contributed by atoms with Crippen molar-refractivity contribution in [1.29, 1.82) is 0 Å². The summed E-state index contributed by atoms with van der Waals surface area (Å²) in [5, 5.41) is 0. The maximum atomic E-state index is 12.8. The summed E-state index contributed by atoms with van der Waals surface area (Å²) in [5.74, 6) is -1.56. The van der Waals surface area contributed by atoms with Gasteiger partial charge in [0.15, 0.2) is 6.61 Å². The van der Waals surface area contributed by atoms with Crippen molar-refractivity contribution in [2.75, 3.05) is 19.7 Å². The Morgan fingerprint density at radius 1 is 1.25 bits per heavy atom. The molecule has 1 saturated heterocycles. The Bertz CT molecular complexity index is 385. The van der Waals surface area contributed by atoms with Gasteiger partial charge in [-0.15, -0.1) is 0 Å². The smallest absolute Gasteiger partial charge is 0.260 e. The zero-order valence-corrected chi connectivity index (χ0v) is 8.58. The van der Waals surface area contributed by atoms with Gasteiger partial charge in [0.05, 0.1) is 0 Å². The minimum Gasteiger partial charge on any atom is -0.484 e. The van der Waals surface area contributed by atoms with Gasteiger partial charge < -0.3 is 9.64 Å². The Hall–Kier alpha value is -1.65. The molecule has 5 heteroatoms. The maximum Gasteiger partial charge on any atom is 0.260 e. The van der Waals surface area contributed by atoms with Gasteiger partial charge in [-0.05, 0) is 6.42 Å². The van der Waals surface area contributed by atoms with Gasteiger partial charge in [-0.1, -0.05) is 0 Å². The number of amides is 1. The van der Waals surface area contributed by atoms with Crippen LogP contribution in [0.2, 0.25) is 0 Å². The van der Waals surface area contributed by atoms with E-state index in [-0.39, 0.29) is 18.3 Å². The normalized spacial score (nSPS) is 14.5. The quantitative estimate of drug-likeness (QED) is 0.784. The van der Waals surface area contributed by atoms with Crippen molar-refractivity contribution in [3.63, 3.8) is 0 Å². The summed E-state index contributed by atoms with van der Waals surface area (Å²) in [7, 11) is 0. The number of nitrogens with zero attached hydrogens (tertiary/aromatic N) is 1. The number of ether oxygens (including phenoxy) is 1. The molecule has 3 nitrogen and oxygen atoms in total. The molecule has 2 rings (SSSR count). The molecule has 0 aromatic heterocycles. The lowest BCUT2D eigenvalue weighted by Crippen LogP contribution is -2.44. The zero-order chi connectivity index (χ0) is 11.5. The highest BCUT2D eigenvalue weighted by Gasteiger charge is 2.20. The SMILES string of the molecule is O=C(COc1cc(F)cc(F)c1)N1CCC1. The Kier molecular flexibility index (Phi) is 3.03. The predicted molar refractivity (Wildman–Crippen MR) is 53.1 cm³/mol. The van der Waals surface area contributed by atoms with Crippen molar-refractivity contribution in [2.24, 2.45) is 0 Å². The molecule has 86 valence electrons. The molecule has 0 saturated carbocycles. The van der Waals surface area contributed by atoms with E-state index in [0.717, 1.165) is 37.7 Å². The Labute approximate surface area is 91.6 Å². The standard InChI is InChI=1S/C11H11F2NO2/c12-8-4-9(13)6-10(5-8)16-7-11(15)14-2-1-3-14/h4-6H,1-3,7H2. The van der Waals surface area contributed by atoms with Gasteiger partial charge in [0, 0.05) is 31.3 Å². The van der Waals surface area contributed by atoms with Crippen LogP contribution in [0.15, 0.2) is 18.2 Å². The second-order valence-corrected chi connectivity index (χ2v) is 3.63. The van der Waals surface area contributed by atoms with E-state index in [9.17, 15) is 13.6 Å². The maximum absolute atomic E-state index is 12.8. The van der Waals surface area contributed by atoms with E-state index in [2.05, 4.69) is 0 Å². The fraction of sp³-hybridized carbons (Fsp3) is 0.364. The molecule has 1 heterocycles. The first-order valence-electron chi connectivity index (χ1n) is 5.02. The first-order valence-corrected chi connectivity index (χ1v) is 5.02. The first kappa shape index (κ1) is 10.9. The highest BCUT2D eigenvalue weighted by atomic mass is 19.1. The number of halogens is 2. The summed E-state index contributed by atoms with van der Waals surface area (Å²) >= 11 is 0. The first-order chi connectivity index (χ1) is 7.65. The molecule has 1 amide bonds. The van der Waals surface area contributed by atoms with E-state index < -0.39 is 11.6 Å². The molecule has 1 fully saturated rings. The molecule has 0 radical (unpaired) electrons. The summed E-state index contributed by atoms with van der Waals surface area (Å²) in [5.41, 5.74) is 0. The van der Waals surface area contributed by atoms with Crippen molar-refractivity contribution < 1.29 is 18.3 Å².